The number of amides is 1. The Hall–Kier alpha value is -4.16. The third kappa shape index (κ3) is 6.95. The van der Waals surface area contributed by atoms with Crippen LogP contribution in [0.1, 0.15) is 12.1 Å². The number of benzene rings is 3. The van der Waals surface area contributed by atoms with E-state index in [2.05, 4.69) is 10.3 Å². The number of imidazole rings is 1. The van der Waals surface area contributed by atoms with Crippen molar-refractivity contribution in [3.8, 4) is 22.5 Å². The van der Waals surface area contributed by atoms with Crippen molar-refractivity contribution in [2.45, 2.75) is 6.29 Å². The highest BCUT2D eigenvalue weighted by Gasteiger charge is 2.39. The second kappa shape index (κ2) is 13.0. The van der Waals surface area contributed by atoms with E-state index in [1.54, 1.807) is 0 Å². The molecular weight excluding hydrogens is 536 g/mol. The molecule has 41 heavy (non-hydrogen) atoms. The number of carbonyl (C=O) groups excluding carboxylic acids is 1. The zero-order chi connectivity index (χ0) is 28.7. The number of aliphatic hydroxyl groups is 1. The molecule has 3 N–H and O–H groups in total. The summed E-state index contributed by atoms with van der Waals surface area (Å²) in [5.74, 6) is -1.17. The van der Waals surface area contributed by atoms with Crippen molar-refractivity contribution >= 4 is 11.8 Å². The number of carbonyl (C=O) groups is 1. The number of aromatic nitrogens is 2. The summed E-state index contributed by atoms with van der Waals surface area (Å²) in [7, 11) is 0. The molecule has 2 heterocycles. The number of aromatic amines is 1. The van der Waals surface area contributed by atoms with E-state index in [-0.39, 0.29) is 45.3 Å². The molecule has 0 saturated carbocycles. The van der Waals surface area contributed by atoms with Crippen LogP contribution in [0.25, 0.3) is 22.5 Å². The van der Waals surface area contributed by atoms with Gasteiger partial charge in [0.1, 0.15) is 18.2 Å². The number of hydrogen-bond donors (Lipinski definition) is 3. The smallest absolute Gasteiger partial charge is 0.411 e. The van der Waals surface area contributed by atoms with Gasteiger partial charge in [-0.3, -0.25) is 5.32 Å². The van der Waals surface area contributed by atoms with Gasteiger partial charge in [0, 0.05) is 17.2 Å². The third-order valence-corrected chi connectivity index (χ3v) is 6.51. The van der Waals surface area contributed by atoms with Gasteiger partial charge < -0.3 is 29.0 Å². The van der Waals surface area contributed by atoms with Crippen molar-refractivity contribution in [2.75, 3.05) is 45.0 Å². The molecule has 0 atom stereocenters. The van der Waals surface area contributed by atoms with Crippen molar-refractivity contribution in [1.82, 2.24) is 9.97 Å². The number of halogens is 2. The lowest BCUT2D eigenvalue weighted by Crippen LogP contribution is -2.45. The number of H-pyrrole nitrogens is 1. The van der Waals surface area contributed by atoms with Crippen molar-refractivity contribution in [1.29, 1.82) is 0 Å². The van der Waals surface area contributed by atoms with Crippen LogP contribution in [-0.4, -0.2) is 60.8 Å². The summed E-state index contributed by atoms with van der Waals surface area (Å²) < 4.78 is 49.2. The van der Waals surface area contributed by atoms with Gasteiger partial charge >= 0.3 is 6.09 Å². The predicted molar refractivity (Wildman–Crippen MR) is 146 cm³/mol. The number of nitrogens with one attached hydrogen (secondary N) is 2. The van der Waals surface area contributed by atoms with Gasteiger partial charge in [-0.15, -0.1) is 0 Å². The number of aliphatic hydroxyl groups excluding tert-OH is 1. The predicted octanol–water partition coefficient (Wildman–Crippen LogP) is 5.31. The maximum atomic E-state index is 13.7. The van der Waals surface area contributed by atoms with Crippen LogP contribution in [0, 0.1) is 17.0 Å². The molecule has 9 nitrogen and oxygen atoms in total. The van der Waals surface area contributed by atoms with Gasteiger partial charge in [0.05, 0.1) is 55.5 Å². The summed E-state index contributed by atoms with van der Waals surface area (Å²) in [6, 6.07) is 22.4. The summed E-state index contributed by atoms with van der Waals surface area (Å²) in [6.45, 7) is -0.00613. The second-order valence-electron chi connectivity index (χ2n) is 9.63. The first-order valence-corrected chi connectivity index (χ1v) is 13.0. The molecule has 0 unspecified atom stereocenters. The van der Waals surface area contributed by atoms with Gasteiger partial charge in [-0.05, 0) is 12.1 Å². The van der Waals surface area contributed by atoms with E-state index >= 15 is 0 Å². The Bertz CT molecular complexity index is 1390. The Balaban J connectivity index is 1.14. The molecule has 214 valence electrons. The minimum atomic E-state index is -0.916. The highest BCUT2D eigenvalue weighted by molar-refractivity contribution is 5.84. The van der Waals surface area contributed by atoms with E-state index in [1.807, 2.05) is 60.7 Å². The van der Waals surface area contributed by atoms with Crippen LogP contribution in [0.4, 0.5) is 19.3 Å². The Kier molecular flexibility index (Phi) is 9.00. The molecule has 1 fully saturated rings. The van der Waals surface area contributed by atoms with E-state index < -0.39 is 29.4 Å². The van der Waals surface area contributed by atoms with Crippen LogP contribution in [-0.2, 0) is 18.9 Å². The van der Waals surface area contributed by atoms with Gasteiger partial charge in [0.2, 0.25) is 6.29 Å². The minimum Gasteiger partial charge on any atom is -0.447 e. The Morgan fingerprint density at radius 3 is 2.34 bits per heavy atom. The van der Waals surface area contributed by atoms with Crippen LogP contribution in [0.15, 0.2) is 78.9 Å². The Morgan fingerprint density at radius 2 is 1.68 bits per heavy atom. The zero-order valence-electron chi connectivity index (χ0n) is 22.0. The fraction of sp³-hybridized carbons (Fsp3) is 0.267. The topological polar surface area (TPSA) is 115 Å². The molecule has 0 radical (unpaired) electrons. The third-order valence-electron chi connectivity index (χ3n) is 6.51. The number of ether oxygens (including phenoxy) is 4. The molecular formula is C30H29F2N3O6. The van der Waals surface area contributed by atoms with Crippen molar-refractivity contribution in [3.05, 3.63) is 96.3 Å². The quantitative estimate of drug-likeness (QED) is 0.223. The zero-order valence-corrected chi connectivity index (χ0v) is 22.0. The van der Waals surface area contributed by atoms with Gasteiger partial charge in [-0.25, -0.2) is 18.6 Å². The molecule has 1 amide bonds. The maximum Gasteiger partial charge on any atom is 0.411 e. The van der Waals surface area contributed by atoms with Gasteiger partial charge in [-0.2, -0.15) is 0 Å². The van der Waals surface area contributed by atoms with Crippen LogP contribution in [0.5, 0.6) is 0 Å². The highest BCUT2D eigenvalue weighted by atomic mass is 19.1. The first kappa shape index (κ1) is 28.4. The normalized spacial score (nSPS) is 18.7. The SMILES string of the molecule is O=C(Nc1ccc(F)cc1F)OCCOC[C@]1(CO)CO[C@@H](c2nc(-c3ccccc3)c(-c3ccccc3)[nH]2)OC1. The fourth-order valence-corrected chi connectivity index (χ4v) is 4.31. The van der Waals surface area contributed by atoms with E-state index in [0.29, 0.717) is 11.9 Å². The molecule has 3 aromatic carbocycles. The van der Waals surface area contributed by atoms with E-state index in [4.69, 9.17) is 23.9 Å². The first-order chi connectivity index (χ1) is 20.0. The van der Waals surface area contributed by atoms with Crippen LogP contribution in [0.3, 0.4) is 0 Å². The summed E-state index contributed by atoms with van der Waals surface area (Å²) in [5.41, 5.74) is 2.50. The number of rotatable bonds is 10. The number of nitrogens with zero attached hydrogens (tertiary/aromatic N) is 1. The van der Waals surface area contributed by atoms with Gasteiger partial charge in [0.25, 0.3) is 0 Å². The Labute approximate surface area is 235 Å². The lowest BCUT2D eigenvalue weighted by atomic mass is 9.91. The molecule has 1 saturated heterocycles. The van der Waals surface area contributed by atoms with Crippen molar-refractivity contribution < 1.29 is 37.6 Å². The summed E-state index contributed by atoms with van der Waals surface area (Å²) in [5, 5.41) is 12.3. The molecule has 5 rings (SSSR count). The van der Waals surface area contributed by atoms with Crippen molar-refractivity contribution in [2.24, 2.45) is 5.41 Å². The van der Waals surface area contributed by atoms with Gasteiger partial charge in [-0.1, -0.05) is 60.7 Å². The van der Waals surface area contributed by atoms with Crippen LogP contribution < -0.4 is 5.32 Å². The molecule has 4 aromatic rings. The monoisotopic (exact) mass is 565 g/mol. The molecule has 1 aliphatic rings. The van der Waals surface area contributed by atoms with Crippen molar-refractivity contribution in [3.63, 3.8) is 0 Å². The average molecular weight is 566 g/mol. The fourth-order valence-electron chi connectivity index (χ4n) is 4.31. The van der Waals surface area contributed by atoms with E-state index in [0.717, 1.165) is 34.6 Å². The van der Waals surface area contributed by atoms with Crippen LogP contribution >= 0.6 is 0 Å². The molecule has 1 aliphatic heterocycles. The minimum absolute atomic E-state index is 0.0174. The standard InChI is InChI=1S/C30H29F2N3O6/c31-22-11-12-24(23(32)15-22)33-29(37)39-14-13-38-17-30(16-36)18-40-28(41-19-30)27-34-25(20-7-3-1-4-8-20)26(35-27)21-9-5-2-6-10-21/h1-12,15,28,36H,13-14,16-19H2,(H,33,37)(H,34,35)/t28-,30-. The molecule has 0 aliphatic carbocycles. The maximum absolute atomic E-state index is 13.7. The van der Waals surface area contributed by atoms with Gasteiger partial charge in [0.15, 0.2) is 5.82 Å². The lowest BCUT2D eigenvalue weighted by molar-refractivity contribution is -0.254. The number of hydrogen-bond acceptors (Lipinski definition) is 7. The highest BCUT2D eigenvalue weighted by Crippen LogP contribution is 2.35. The molecule has 0 bridgehead atoms. The first-order valence-electron chi connectivity index (χ1n) is 13.0. The Morgan fingerprint density at radius 1 is 1.00 bits per heavy atom. The summed E-state index contributed by atoms with van der Waals surface area (Å²) >= 11 is 0. The van der Waals surface area contributed by atoms with E-state index in [9.17, 15) is 18.7 Å². The summed E-state index contributed by atoms with van der Waals surface area (Å²) in [4.78, 5) is 20.0. The molecule has 11 heteroatoms. The molecule has 1 aromatic heterocycles. The number of anilines is 1. The summed E-state index contributed by atoms with van der Waals surface area (Å²) in [6.07, 6.45) is -1.68. The largest absolute Gasteiger partial charge is 0.447 e. The molecule has 0 spiro atoms. The van der Waals surface area contributed by atoms with Crippen LogP contribution in [0.2, 0.25) is 0 Å². The van der Waals surface area contributed by atoms with E-state index in [1.165, 1.54) is 0 Å². The second-order valence-corrected chi connectivity index (χ2v) is 9.63. The lowest BCUT2D eigenvalue weighted by Gasteiger charge is -2.37. The average Bonchev–Trinajstić information content (AvgIpc) is 3.45.